The molecule has 4 N–H and O–H groups in total. The zero-order chi connectivity index (χ0) is 25.2. The van der Waals surface area contributed by atoms with Crippen molar-refractivity contribution < 1.29 is 42.5 Å². The maximum atomic E-state index is 12.7. The van der Waals surface area contributed by atoms with Crippen molar-refractivity contribution in [3.8, 4) is 0 Å². The number of thioether (sulfide) groups is 2. The first kappa shape index (κ1) is 25.6. The summed E-state index contributed by atoms with van der Waals surface area (Å²) in [7, 11) is -4.42. The summed E-state index contributed by atoms with van der Waals surface area (Å²) in [5, 5.41) is 33.2. The Morgan fingerprint density at radius 1 is 1.35 bits per heavy atom. The molecule has 1 aromatic rings. The zero-order valence-electron chi connectivity index (χ0n) is 17.2. The number of β-lactam (4-membered cyclic amide) rings is 1. The molecule has 16 nitrogen and oxygen atoms in total. The number of hydrogen-bond donors (Lipinski definition) is 4. The minimum absolute atomic E-state index is 0.00141. The standard InChI is InChI=1S/C15H17N7O9S3/c1-2-7(23)8(18-28)11(24)16-9-12(25)22-10(14(26)27)6(3-32-13(9)22)4-33-15-17-19-20-21(15)5-34(29,30)31/h9,13,28H,2-5H2,1H3,(H,16,24)(H,26,27)(H,29,30,31)/t9-,13+/m1/s1. The SMILES string of the molecule is CCC(=O)C(=NO)C(=O)N[C@@H]1C(=O)N2C(C(=O)O)=C(CSc3nnnn3CS(=O)(=O)O)CS[C@@H]12. The third-order valence-electron chi connectivity index (χ3n) is 4.60. The number of hydrogen-bond acceptors (Lipinski definition) is 13. The fourth-order valence-corrected chi connectivity index (χ4v) is 6.01. The average Bonchev–Trinajstić information content (AvgIpc) is 3.20. The van der Waals surface area contributed by atoms with Crippen molar-refractivity contribution in [3.05, 3.63) is 11.3 Å². The second-order valence-electron chi connectivity index (χ2n) is 6.80. The van der Waals surface area contributed by atoms with Crippen molar-refractivity contribution in [2.24, 2.45) is 5.16 Å². The van der Waals surface area contributed by atoms with Crippen molar-refractivity contribution in [1.82, 2.24) is 30.4 Å². The second kappa shape index (κ2) is 10.1. The van der Waals surface area contributed by atoms with E-state index >= 15 is 0 Å². The van der Waals surface area contributed by atoms with Gasteiger partial charge in [-0.15, -0.1) is 16.9 Å². The maximum Gasteiger partial charge on any atom is 0.352 e. The zero-order valence-corrected chi connectivity index (χ0v) is 19.6. The summed E-state index contributed by atoms with van der Waals surface area (Å²) >= 11 is 2.06. The molecule has 3 rings (SSSR count). The second-order valence-corrected chi connectivity index (χ2v) is 10.3. The number of rotatable bonds is 10. The third-order valence-corrected chi connectivity index (χ3v) is 7.55. The summed E-state index contributed by atoms with van der Waals surface area (Å²) in [5.74, 6) is -4.68. The van der Waals surface area contributed by atoms with Crippen LogP contribution in [0, 0.1) is 0 Å². The fraction of sp³-hybridized carbons (Fsp3) is 0.467. The minimum atomic E-state index is -4.42. The van der Waals surface area contributed by atoms with E-state index in [0.717, 1.165) is 33.1 Å². The van der Waals surface area contributed by atoms with E-state index in [2.05, 4.69) is 26.0 Å². The van der Waals surface area contributed by atoms with E-state index in [0.29, 0.717) is 5.57 Å². The van der Waals surface area contributed by atoms with Crippen LogP contribution in [-0.2, 0) is 35.2 Å². The van der Waals surface area contributed by atoms with Crippen LogP contribution in [0.4, 0.5) is 0 Å². The average molecular weight is 536 g/mol. The Morgan fingerprint density at radius 2 is 2.06 bits per heavy atom. The Labute approximate surface area is 199 Å². The van der Waals surface area contributed by atoms with Crippen LogP contribution in [0.1, 0.15) is 13.3 Å². The van der Waals surface area contributed by atoms with Crippen LogP contribution in [0.3, 0.4) is 0 Å². The van der Waals surface area contributed by atoms with Gasteiger partial charge in [0.05, 0.1) is 0 Å². The normalized spacial score (nSPS) is 20.6. The number of aromatic nitrogens is 4. The van der Waals surface area contributed by atoms with Crippen molar-refractivity contribution in [1.29, 1.82) is 0 Å². The molecule has 2 aliphatic heterocycles. The summed E-state index contributed by atoms with van der Waals surface area (Å²) in [6.45, 7) is 1.46. The van der Waals surface area contributed by atoms with Gasteiger partial charge in [0.25, 0.3) is 21.9 Å². The summed E-state index contributed by atoms with van der Waals surface area (Å²) in [4.78, 5) is 49.5. The number of carboxylic acids is 1. The lowest BCUT2D eigenvalue weighted by molar-refractivity contribution is -0.150. The van der Waals surface area contributed by atoms with Gasteiger partial charge in [-0.05, 0) is 16.0 Å². The summed E-state index contributed by atoms with van der Waals surface area (Å²) < 4.78 is 31.9. The highest BCUT2D eigenvalue weighted by Crippen LogP contribution is 2.41. The van der Waals surface area contributed by atoms with E-state index in [1.807, 2.05) is 0 Å². The van der Waals surface area contributed by atoms with Crippen LogP contribution in [-0.4, -0.2) is 101 Å². The maximum absolute atomic E-state index is 12.7. The number of tetrazole rings is 1. The highest BCUT2D eigenvalue weighted by atomic mass is 32.2. The number of amides is 2. The van der Waals surface area contributed by atoms with Crippen molar-refractivity contribution in [2.75, 3.05) is 11.5 Å². The molecule has 2 aliphatic rings. The number of carboxylic acid groups (broad SMARTS) is 1. The number of nitrogens with one attached hydrogen (secondary N) is 1. The first-order chi connectivity index (χ1) is 16.0. The van der Waals surface area contributed by atoms with E-state index in [9.17, 15) is 32.7 Å². The molecular formula is C15H17N7O9S3. The van der Waals surface area contributed by atoms with Gasteiger partial charge in [0.2, 0.25) is 10.9 Å². The highest BCUT2D eigenvalue weighted by Gasteiger charge is 2.54. The van der Waals surface area contributed by atoms with Crippen molar-refractivity contribution >= 4 is 62.9 Å². The monoisotopic (exact) mass is 535 g/mol. The quantitative estimate of drug-likeness (QED) is 0.0490. The van der Waals surface area contributed by atoms with Gasteiger partial charge in [0, 0.05) is 17.9 Å². The van der Waals surface area contributed by atoms with Crippen LogP contribution >= 0.6 is 23.5 Å². The lowest BCUT2D eigenvalue weighted by Gasteiger charge is -2.49. The number of fused-ring (bicyclic) bond motifs is 1. The van der Waals surface area contributed by atoms with Gasteiger partial charge in [-0.25, -0.2) is 9.48 Å². The van der Waals surface area contributed by atoms with Gasteiger partial charge in [-0.1, -0.05) is 23.8 Å². The molecule has 1 fully saturated rings. The number of Topliss-reactive ketones (excluding diaryl/α,β-unsaturated/α-hetero) is 1. The molecule has 1 aromatic heterocycles. The first-order valence-electron chi connectivity index (χ1n) is 9.28. The molecule has 0 radical (unpaired) electrons. The molecule has 184 valence electrons. The predicted octanol–water partition coefficient (Wildman–Crippen LogP) is -1.84. The topological polar surface area (TPSA) is 234 Å². The minimum Gasteiger partial charge on any atom is -0.477 e. The molecule has 0 unspecified atom stereocenters. The predicted molar refractivity (Wildman–Crippen MR) is 114 cm³/mol. The fourth-order valence-electron chi connectivity index (χ4n) is 3.09. The molecule has 19 heteroatoms. The number of ketones is 1. The van der Waals surface area contributed by atoms with Gasteiger partial charge < -0.3 is 15.6 Å². The van der Waals surface area contributed by atoms with E-state index in [-0.39, 0.29) is 28.8 Å². The van der Waals surface area contributed by atoms with Crippen LogP contribution in [0.2, 0.25) is 0 Å². The van der Waals surface area contributed by atoms with Gasteiger partial charge >= 0.3 is 5.97 Å². The Hall–Kier alpha value is -3.03. The molecule has 2 amide bonds. The smallest absolute Gasteiger partial charge is 0.352 e. The van der Waals surface area contributed by atoms with Crippen LogP contribution < -0.4 is 5.32 Å². The number of carbonyl (C=O) groups excluding carboxylic acids is 3. The Morgan fingerprint density at radius 3 is 2.65 bits per heavy atom. The number of carbonyl (C=O) groups is 4. The third kappa shape index (κ3) is 5.21. The van der Waals surface area contributed by atoms with E-state index in [4.69, 9.17) is 9.76 Å². The molecule has 2 atom stereocenters. The lowest BCUT2D eigenvalue weighted by Crippen LogP contribution is -2.71. The molecule has 0 aliphatic carbocycles. The molecule has 34 heavy (non-hydrogen) atoms. The first-order valence-corrected chi connectivity index (χ1v) is 12.9. The molecule has 1 saturated heterocycles. The summed E-state index contributed by atoms with van der Waals surface area (Å²) in [6, 6.07) is -1.13. The van der Waals surface area contributed by atoms with Crippen LogP contribution in [0.15, 0.2) is 21.6 Å². The largest absolute Gasteiger partial charge is 0.477 e. The van der Waals surface area contributed by atoms with Gasteiger partial charge in [-0.2, -0.15) is 8.42 Å². The van der Waals surface area contributed by atoms with E-state index in [1.54, 1.807) is 0 Å². The summed E-state index contributed by atoms with van der Waals surface area (Å²) in [5.41, 5.74) is -0.749. The van der Waals surface area contributed by atoms with E-state index < -0.39 is 56.7 Å². The summed E-state index contributed by atoms with van der Waals surface area (Å²) in [6.07, 6.45) is -0.101. The molecule has 0 aromatic carbocycles. The molecular weight excluding hydrogens is 518 g/mol. The van der Waals surface area contributed by atoms with Gasteiger partial charge in [0.1, 0.15) is 17.1 Å². The van der Waals surface area contributed by atoms with Gasteiger partial charge in [-0.3, -0.25) is 23.8 Å². The lowest BCUT2D eigenvalue weighted by atomic mass is 10.0. The van der Waals surface area contributed by atoms with Crippen LogP contribution in [0.5, 0.6) is 0 Å². The van der Waals surface area contributed by atoms with Crippen molar-refractivity contribution in [3.63, 3.8) is 0 Å². The van der Waals surface area contributed by atoms with Crippen LogP contribution in [0.25, 0.3) is 0 Å². The van der Waals surface area contributed by atoms with Crippen molar-refractivity contribution in [2.45, 2.75) is 35.8 Å². The highest BCUT2D eigenvalue weighted by molar-refractivity contribution is 8.01. The number of oxime groups is 1. The molecule has 0 bridgehead atoms. The van der Waals surface area contributed by atoms with Gasteiger partial charge in [0.15, 0.2) is 11.7 Å². The molecule has 3 heterocycles. The Kier molecular flexibility index (Phi) is 7.58. The Bertz CT molecular complexity index is 1210. The molecule has 0 saturated carbocycles. The van der Waals surface area contributed by atoms with E-state index in [1.165, 1.54) is 6.92 Å². The molecule has 0 spiro atoms. The number of nitrogens with zero attached hydrogens (tertiary/aromatic N) is 6. The number of aliphatic carboxylic acids is 1. The Balaban J connectivity index is 1.75.